The number of hydrogen-bond donors (Lipinski definition) is 1. The summed E-state index contributed by atoms with van der Waals surface area (Å²) in [5.41, 5.74) is 1.81. The largest absolute Gasteiger partial charge is 0.493 e. The van der Waals surface area contributed by atoms with E-state index in [9.17, 15) is 4.79 Å². The number of nitrogens with one attached hydrogen (secondary N) is 1. The van der Waals surface area contributed by atoms with Gasteiger partial charge in [0.2, 0.25) is 11.8 Å². The van der Waals surface area contributed by atoms with Gasteiger partial charge in [-0.2, -0.15) is 0 Å². The molecule has 0 radical (unpaired) electrons. The smallest absolute Gasteiger partial charge is 0.240 e. The normalized spacial score (nSPS) is 17.5. The average molecular weight is 387 g/mol. The molecule has 28 heavy (non-hydrogen) atoms. The molecule has 7 nitrogen and oxygen atoms in total. The third-order valence-corrected chi connectivity index (χ3v) is 5.04. The number of benzene rings is 1. The van der Waals surface area contributed by atoms with Crippen LogP contribution in [0.25, 0.3) is 0 Å². The van der Waals surface area contributed by atoms with Crippen LogP contribution >= 0.6 is 0 Å². The quantitative estimate of drug-likeness (QED) is 0.813. The monoisotopic (exact) mass is 387 g/mol. The van der Waals surface area contributed by atoms with E-state index in [4.69, 9.17) is 14.0 Å². The van der Waals surface area contributed by atoms with Crippen molar-refractivity contribution >= 4 is 11.8 Å². The average Bonchev–Trinajstić information content (AvgIpc) is 3.30. The first-order valence-electron chi connectivity index (χ1n) is 9.55. The van der Waals surface area contributed by atoms with Crippen molar-refractivity contribution in [3.05, 3.63) is 35.5 Å². The molecule has 0 spiro atoms. The summed E-state index contributed by atoms with van der Waals surface area (Å²) >= 11 is 0. The number of amides is 1. The summed E-state index contributed by atoms with van der Waals surface area (Å²) in [5.74, 6) is 1.68. The lowest BCUT2D eigenvalue weighted by molar-refractivity contribution is -0.117. The first-order valence-corrected chi connectivity index (χ1v) is 9.55. The summed E-state index contributed by atoms with van der Waals surface area (Å²) in [6.45, 7) is 7.32. The molecule has 2 aromatic rings. The van der Waals surface area contributed by atoms with Gasteiger partial charge in [0.1, 0.15) is 0 Å². The van der Waals surface area contributed by atoms with Gasteiger partial charge in [-0.05, 0) is 37.1 Å². The number of methoxy groups -OCH3 is 2. The molecule has 1 aliphatic heterocycles. The second-order valence-corrected chi connectivity index (χ2v) is 8.12. The third kappa shape index (κ3) is 4.47. The zero-order valence-corrected chi connectivity index (χ0v) is 17.2. The summed E-state index contributed by atoms with van der Waals surface area (Å²) in [7, 11) is 3.25. The van der Waals surface area contributed by atoms with E-state index < -0.39 is 0 Å². The van der Waals surface area contributed by atoms with Crippen LogP contribution in [-0.4, -0.2) is 43.3 Å². The number of nitrogens with zero attached hydrogens (tertiary/aromatic N) is 2. The molecule has 1 aromatic carbocycles. The van der Waals surface area contributed by atoms with Crippen molar-refractivity contribution in [3.63, 3.8) is 0 Å². The number of carbonyl (C=O) groups is 1. The maximum atomic E-state index is 12.5. The van der Waals surface area contributed by atoms with E-state index in [2.05, 4.69) is 36.1 Å². The number of rotatable bonds is 6. The van der Waals surface area contributed by atoms with E-state index in [0.29, 0.717) is 23.9 Å². The zero-order valence-electron chi connectivity index (χ0n) is 17.2. The number of ether oxygens (including phenoxy) is 2. The van der Waals surface area contributed by atoms with Gasteiger partial charge in [-0.1, -0.05) is 32.0 Å². The van der Waals surface area contributed by atoms with Gasteiger partial charge in [-0.3, -0.25) is 15.0 Å². The Kier molecular flexibility index (Phi) is 5.93. The van der Waals surface area contributed by atoms with Crippen molar-refractivity contribution in [2.75, 3.05) is 32.6 Å². The molecule has 0 aliphatic carbocycles. The molecule has 0 bridgehead atoms. The molecule has 2 heterocycles. The fourth-order valence-corrected chi connectivity index (χ4v) is 3.50. The molecule has 0 saturated carbocycles. The van der Waals surface area contributed by atoms with E-state index >= 15 is 0 Å². The maximum Gasteiger partial charge on any atom is 0.240 e. The molecule has 1 saturated heterocycles. The minimum atomic E-state index is -0.125. The molecule has 1 amide bonds. The van der Waals surface area contributed by atoms with Gasteiger partial charge >= 0.3 is 0 Å². The van der Waals surface area contributed by atoms with Crippen LogP contribution in [0.4, 0.5) is 5.88 Å². The molecule has 1 aromatic heterocycles. The van der Waals surface area contributed by atoms with Gasteiger partial charge in [0, 0.05) is 17.5 Å². The van der Waals surface area contributed by atoms with Crippen LogP contribution in [-0.2, 0) is 10.2 Å². The van der Waals surface area contributed by atoms with Gasteiger partial charge in [0.05, 0.1) is 26.5 Å². The number of likely N-dealkylation sites (tertiary alicyclic amines) is 1. The Bertz CT molecular complexity index is 825. The lowest BCUT2D eigenvalue weighted by Gasteiger charge is -2.24. The van der Waals surface area contributed by atoms with Gasteiger partial charge in [0.25, 0.3) is 0 Å². The Morgan fingerprint density at radius 1 is 1.25 bits per heavy atom. The zero-order chi connectivity index (χ0) is 20.3. The van der Waals surface area contributed by atoms with Crippen molar-refractivity contribution in [3.8, 4) is 11.5 Å². The molecule has 1 atom stereocenters. The van der Waals surface area contributed by atoms with Crippen molar-refractivity contribution in [2.45, 2.75) is 45.1 Å². The highest BCUT2D eigenvalue weighted by atomic mass is 16.5. The number of anilines is 1. The van der Waals surface area contributed by atoms with Crippen LogP contribution in [0.15, 0.2) is 28.8 Å². The number of carbonyl (C=O) groups excluding carboxylic acids is 1. The predicted octanol–water partition coefficient (Wildman–Crippen LogP) is 3.76. The molecule has 7 heteroatoms. The van der Waals surface area contributed by atoms with Crippen LogP contribution in [0.2, 0.25) is 0 Å². The van der Waals surface area contributed by atoms with Crippen LogP contribution in [0.1, 0.15) is 50.9 Å². The van der Waals surface area contributed by atoms with E-state index in [1.807, 2.05) is 18.2 Å². The SMILES string of the molecule is COc1ccc(C2CCCN2CC(=O)Nc2cc(C(C)(C)C)no2)cc1OC. The lowest BCUT2D eigenvalue weighted by atomic mass is 9.92. The highest BCUT2D eigenvalue weighted by molar-refractivity contribution is 5.91. The van der Waals surface area contributed by atoms with Gasteiger partial charge < -0.3 is 14.0 Å². The van der Waals surface area contributed by atoms with E-state index in [1.165, 1.54) is 0 Å². The molecule has 1 fully saturated rings. The van der Waals surface area contributed by atoms with Crippen LogP contribution < -0.4 is 14.8 Å². The van der Waals surface area contributed by atoms with E-state index in [-0.39, 0.29) is 17.4 Å². The van der Waals surface area contributed by atoms with Gasteiger partial charge in [-0.15, -0.1) is 0 Å². The van der Waals surface area contributed by atoms with E-state index in [0.717, 1.165) is 30.6 Å². The summed E-state index contributed by atoms with van der Waals surface area (Å²) in [6, 6.07) is 7.89. The number of hydrogen-bond acceptors (Lipinski definition) is 6. The molecule has 3 rings (SSSR count). The van der Waals surface area contributed by atoms with Crippen LogP contribution in [0.5, 0.6) is 11.5 Å². The Morgan fingerprint density at radius 3 is 2.64 bits per heavy atom. The summed E-state index contributed by atoms with van der Waals surface area (Å²) in [4.78, 5) is 14.7. The molecule has 152 valence electrons. The molecular weight excluding hydrogens is 358 g/mol. The van der Waals surface area contributed by atoms with Crippen molar-refractivity contribution < 1.29 is 18.8 Å². The van der Waals surface area contributed by atoms with Crippen molar-refractivity contribution in [2.24, 2.45) is 0 Å². The Morgan fingerprint density at radius 2 is 2.00 bits per heavy atom. The van der Waals surface area contributed by atoms with Crippen LogP contribution in [0.3, 0.4) is 0 Å². The second-order valence-electron chi connectivity index (χ2n) is 8.12. The fraction of sp³-hybridized carbons (Fsp3) is 0.524. The minimum absolute atomic E-state index is 0.107. The molecular formula is C21H29N3O4. The topological polar surface area (TPSA) is 76.8 Å². The predicted molar refractivity (Wildman–Crippen MR) is 107 cm³/mol. The summed E-state index contributed by atoms with van der Waals surface area (Å²) in [5, 5.41) is 6.86. The van der Waals surface area contributed by atoms with Gasteiger partial charge in [0.15, 0.2) is 11.5 Å². The lowest BCUT2D eigenvalue weighted by Crippen LogP contribution is -2.32. The first-order chi connectivity index (χ1) is 13.3. The van der Waals surface area contributed by atoms with Crippen molar-refractivity contribution in [1.29, 1.82) is 0 Å². The molecule has 1 unspecified atom stereocenters. The Hall–Kier alpha value is -2.54. The first kappa shape index (κ1) is 20.2. The highest BCUT2D eigenvalue weighted by Crippen LogP contribution is 2.36. The van der Waals surface area contributed by atoms with Gasteiger partial charge in [-0.25, -0.2) is 0 Å². The Labute approximate surface area is 166 Å². The van der Waals surface area contributed by atoms with Crippen LogP contribution in [0, 0.1) is 0 Å². The second kappa shape index (κ2) is 8.22. The number of aromatic nitrogens is 1. The highest BCUT2D eigenvalue weighted by Gasteiger charge is 2.29. The molecule has 1 aliphatic rings. The standard InChI is InChI=1S/C21H29N3O4/c1-21(2,3)18-12-20(28-23-18)22-19(25)13-24-10-6-7-15(24)14-8-9-16(26-4)17(11-14)27-5/h8-9,11-12,15H,6-7,10,13H2,1-5H3,(H,22,25). The minimum Gasteiger partial charge on any atom is -0.493 e. The third-order valence-electron chi connectivity index (χ3n) is 5.04. The molecule has 1 N–H and O–H groups in total. The Balaban J connectivity index is 1.66. The maximum absolute atomic E-state index is 12.5. The summed E-state index contributed by atoms with van der Waals surface area (Å²) in [6.07, 6.45) is 2.04. The van der Waals surface area contributed by atoms with E-state index in [1.54, 1.807) is 20.3 Å². The fourth-order valence-electron chi connectivity index (χ4n) is 3.50. The van der Waals surface area contributed by atoms with Crippen molar-refractivity contribution in [1.82, 2.24) is 10.1 Å². The summed E-state index contributed by atoms with van der Waals surface area (Å²) < 4.78 is 16.0.